The van der Waals surface area contributed by atoms with Gasteiger partial charge in [0.05, 0.1) is 9.75 Å². The van der Waals surface area contributed by atoms with Gasteiger partial charge in [-0.1, -0.05) is 16.2 Å². The van der Waals surface area contributed by atoms with E-state index in [1.807, 2.05) is 0 Å². The molecule has 2 unspecified atom stereocenters. The summed E-state index contributed by atoms with van der Waals surface area (Å²) in [6, 6.07) is 4.73. The summed E-state index contributed by atoms with van der Waals surface area (Å²) in [4.78, 5) is 14.9. The number of alkyl halides is 2. The highest BCUT2D eigenvalue weighted by Crippen LogP contribution is 2.37. The molecule has 0 saturated carbocycles. The van der Waals surface area contributed by atoms with Crippen molar-refractivity contribution in [1.29, 1.82) is 0 Å². The van der Waals surface area contributed by atoms with Gasteiger partial charge in [0.1, 0.15) is 11.4 Å². The van der Waals surface area contributed by atoms with Crippen molar-refractivity contribution >= 4 is 26.4 Å². The first-order valence-electron chi connectivity index (χ1n) is 8.58. The maximum Gasteiger partial charge on any atom is 0.299 e. The summed E-state index contributed by atoms with van der Waals surface area (Å²) >= 11 is 1.25. The van der Waals surface area contributed by atoms with Gasteiger partial charge >= 0.3 is 0 Å². The molecule has 0 amide bonds. The van der Waals surface area contributed by atoms with Crippen LogP contribution in [-0.4, -0.2) is 40.6 Å². The van der Waals surface area contributed by atoms with Crippen molar-refractivity contribution in [3.63, 3.8) is 0 Å². The minimum Gasteiger partial charge on any atom is -0.306 e. The number of carbonyl (C=O) groups excluding carboxylic acids is 1. The Morgan fingerprint density at radius 3 is 2.50 bits per heavy atom. The lowest BCUT2D eigenvalue weighted by Gasteiger charge is -2.26. The zero-order valence-electron chi connectivity index (χ0n) is 15.6. The number of aryl methyl sites for hydroxylation is 1. The summed E-state index contributed by atoms with van der Waals surface area (Å²) in [6.07, 6.45) is 2.84. The average Bonchev–Trinajstić information content (AvgIpc) is 3.13. The van der Waals surface area contributed by atoms with E-state index in [1.54, 1.807) is 12.1 Å². The van der Waals surface area contributed by atoms with Crippen molar-refractivity contribution in [3.8, 4) is 10.6 Å². The Labute approximate surface area is 159 Å². The molecule has 2 aromatic heterocycles. The second-order valence-electron chi connectivity index (χ2n) is 6.89. The molecule has 0 N–H and O–H groups in total. The summed E-state index contributed by atoms with van der Waals surface area (Å²) in [6.45, 7) is 6.41. The second kappa shape index (κ2) is 8.68. The van der Waals surface area contributed by atoms with Crippen LogP contribution in [0.4, 0.5) is 8.78 Å². The fourth-order valence-electron chi connectivity index (χ4n) is 2.99. The molecule has 0 bridgehead atoms. The minimum atomic E-state index is -3.01. The SMILES string of the molecule is CC(=O)c1ccc(-c2cc(C(F)(F)P)n(C)n2)s1.CC1CCCN(C)C1. The molecule has 0 aliphatic carbocycles. The van der Waals surface area contributed by atoms with E-state index in [0.29, 0.717) is 15.4 Å². The number of carbonyl (C=O) groups is 1. The van der Waals surface area contributed by atoms with Crippen molar-refractivity contribution in [2.45, 2.75) is 32.4 Å². The van der Waals surface area contributed by atoms with Gasteiger partial charge in [-0.15, -0.1) is 11.3 Å². The molecule has 0 spiro atoms. The standard InChI is InChI=1S/C11H11F2N2OPS.C7H15N/c1-6(16)8-3-4-9(18-8)7-5-10(11(12,13)17)15(2)14-7;1-7-4-3-5-8(2)6-7/h3-5H,17H2,1-2H3;7H,3-6H2,1-2H3. The molecule has 2 aromatic rings. The largest absolute Gasteiger partial charge is 0.306 e. The van der Waals surface area contributed by atoms with Crippen molar-refractivity contribution < 1.29 is 13.6 Å². The molecule has 1 saturated heterocycles. The number of Topliss-reactive ketones (excluding diaryl/α,β-unsaturated/α-hetero) is 1. The van der Waals surface area contributed by atoms with Gasteiger partial charge in [-0.05, 0) is 57.5 Å². The molecule has 0 aromatic carbocycles. The number of halogens is 2. The van der Waals surface area contributed by atoms with Crippen LogP contribution in [-0.2, 0) is 12.7 Å². The highest BCUT2D eigenvalue weighted by molar-refractivity contribution is 7.18. The number of rotatable bonds is 3. The Kier molecular flexibility index (Phi) is 7.05. The average molecular weight is 401 g/mol. The highest BCUT2D eigenvalue weighted by atomic mass is 32.1. The highest BCUT2D eigenvalue weighted by Gasteiger charge is 2.29. The molecule has 0 radical (unpaired) electrons. The van der Waals surface area contributed by atoms with Crippen molar-refractivity contribution in [2.75, 3.05) is 20.1 Å². The molecule has 8 heteroatoms. The lowest BCUT2D eigenvalue weighted by molar-refractivity contribution is 0.0938. The number of likely N-dealkylation sites (tertiary alicyclic amines) is 1. The fourth-order valence-corrected chi connectivity index (χ4v) is 4.12. The number of nitrogens with zero attached hydrogens (tertiary/aromatic N) is 3. The normalized spacial score (nSPS) is 18.3. The minimum absolute atomic E-state index is 0.0428. The number of aromatic nitrogens is 2. The van der Waals surface area contributed by atoms with Crippen molar-refractivity contribution in [1.82, 2.24) is 14.7 Å². The van der Waals surface area contributed by atoms with Crippen LogP contribution < -0.4 is 0 Å². The van der Waals surface area contributed by atoms with Gasteiger partial charge in [-0.25, -0.2) is 0 Å². The van der Waals surface area contributed by atoms with Gasteiger partial charge < -0.3 is 4.90 Å². The molecular formula is C18H26F2N3OPS. The molecule has 26 heavy (non-hydrogen) atoms. The summed E-state index contributed by atoms with van der Waals surface area (Å²) in [7, 11) is 5.16. The quantitative estimate of drug-likeness (QED) is 0.556. The molecular weight excluding hydrogens is 375 g/mol. The Bertz CT molecular complexity index is 746. The first-order chi connectivity index (χ1) is 12.1. The second-order valence-corrected chi connectivity index (χ2v) is 8.70. The van der Waals surface area contributed by atoms with E-state index in [0.717, 1.165) is 10.6 Å². The first-order valence-corrected chi connectivity index (χ1v) is 9.98. The molecule has 3 rings (SSSR count). The van der Waals surface area contributed by atoms with Crippen LogP contribution in [0.25, 0.3) is 10.6 Å². The van der Waals surface area contributed by atoms with Crippen LogP contribution in [0.1, 0.15) is 42.1 Å². The number of hydrogen-bond donors (Lipinski definition) is 0. The van der Waals surface area contributed by atoms with Gasteiger partial charge in [0, 0.05) is 13.6 Å². The Morgan fingerprint density at radius 2 is 2.08 bits per heavy atom. The molecule has 4 nitrogen and oxygen atoms in total. The van der Waals surface area contributed by atoms with Crippen LogP contribution >= 0.6 is 20.6 Å². The van der Waals surface area contributed by atoms with Gasteiger partial charge in [0.2, 0.25) is 0 Å². The van der Waals surface area contributed by atoms with Gasteiger partial charge in [-0.2, -0.15) is 13.9 Å². The lowest BCUT2D eigenvalue weighted by atomic mass is 10.0. The van der Waals surface area contributed by atoms with Crippen LogP contribution in [0.5, 0.6) is 0 Å². The van der Waals surface area contributed by atoms with Crippen LogP contribution in [0.3, 0.4) is 0 Å². The zero-order chi connectivity index (χ0) is 19.5. The maximum atomic E-state index is 13.2. The number of thiophene rings is 1. The Balaban J connectivity index is 0.000000254. The molecule has 1 aliphatic heterocycles. The monoisotopic (exact) mass is 401 g/mol. The van der Waals surface area contributed by atoms with Gasteiger partial charge in [0.25, 0.3) is 5.66 Å². The lowest BCUT2D eigenvalue weighted by Crippen LogP contribution is -2.30. The van der Waals surface area contributed by atoms with E-state index in [-0.39, 0.29) is 11.5 Å². The van der Waals surface area contributed by atoms with Crippen LogP contribution in [0, 0.1) is 5.92 Å². The van der Waals surface area contributed by atoms with E-state index >= 15 is 0 Å². The maximum absolute atomic E-state index is 13.2. The topological polar surface area (TPSA) is 38.1 Å². The summed E-state index contributed by atoms with van der Waals surface area (Å²) < 4.78 is 27.6. The third kappa shape index (κ3) is 5.66. The van der Waals surface area contributed by atoms with Crippen molar-refractivity contribution in [2.24, 2.45) is 13.0 Å². The summed E-state index contributed by atoms with van der Waals surface area (Å²) in [5, 5.41) is 4.04. The van der Waals surface area contributed by atoms with Crippen molar-refractivity contribution in [3.05, 3.63) is 28.8 Å². The predicted molar refractivity (Wildman–Crippen MR) is 106 cm³/mol. The molecule has 144 valence electrons. The third-order valence-electron chi connectivity index (χ3n) is 4.29. The Hall–Kier alpha value is -1.17. The number of hydrogen-bond acceptors (Lipinski definition) is 4. The van der Waals surface area contributed by atoms with Gasteiger partial charge in [-0.3, -0.25) is 9.48 Å². The molecule has 2 atom stereocenters. The predicted octanol–water partition coefficient (Wildman–Crippen LogP) is 4.62. The van der Waals surface area contributed by atoms with E-state index in [2.05, 4.69) is 24.0 Å². The molecule has 1 aliphatic rings. The van der Waals surface area contributed by atoms with E-state index in [9.17, 15) is 13.6 Å². The van der Waals surface area contributed by atoms with Crippen LogP contribution in [0.15, 0.2) is 18.2 Å². The smallest absolute Gasteiger partial charge is 0.299 e. The van der Waals surface area contributed by atoms with E-state index < -0.39 is 5.66 Å². The fraction of sp³-hybridized carbons (Fsp3) is 0.556. The first kappa shape index (κ1) is 21.1. The van der Waals surface area contributed by atoms with E-state index in [4.69, 9.17) is 0 Å². The molecule has 1 fully saturated rings. The van der Waals surface area contributed by atoms with Gasteiger partial charge in [0.15, 0.2) is 5.78 Å². The Morgan fingerprint density at radius 1 is 1.38 bits per heavy atom. The third-order valence-corrected chi connectivity index (χ3v) is 5.79. The number of piperidine rings is 1. The van der Waals surface area contributed by atoms with E-state index in [1.165, 1.54) is 66.5 Å². The summed E-state index contributed by atoms with van der Waals surface area (Å²) in [5.74, 6) is 0.896. The molecule has 3 heterocycles. The van der Waals surface area contributed by atoms with Crippen LogP contribution in [0.2, 0.25) is 0 Å². The zero-order valence-corrected chi connectivity index (χ0v) is 17.6. The summed E-state index contributed by atoms with van der Waals surface area (Å²) in [5.41, 5.74) is -2.74. The number of ketones is 1.